The van der Waals surface area contributed by atoms with Crippen molar-refractivity contribution in [2.45, 2.75) is 59.3 Å². The van der Waals surface area contributed by atoms with Crippen LogP contribution >= 0.6 is 0 Å². The molecule has 2 aliphatic carbocycles. The summed E-state index contributed by atoms with van der Waals surface area (Å²) in [6.45, 7) is 9.26. The Morgan fingerprint density at radius 1 is 1.27 bits per heavy atom. The first-order chi connectivity index (χ1) is 12.1. The van der Waals surface area contributed by atoms with Crippen LogP contribution in [0.5, 0.6) is 0 Å². The molecule has 0 aromatic rings. The van der Waals surface area contributed by atoms with Gasteiger partial charge in [0.25, 0.3) is 0 Å². The van der Waals surface area contributed by atoms with Gasteiger partial charge in [0.2, 0.25) is 0 Å². The number of rotatable bonds is 5. The normalized spacial score (nSPS) is 37.9. The number of methoxy groups -OCH3 is 1. The van der Waals surface area contributed by atoms with Crippen LogP contribution in [0.15, 0.2) is 12.7 Å². The van der Waals surface area contributed by atoms with Crippen LogP contribution < -0.4 is 0 Å². The maximum Gasteiger partial charge on any atom is 0.312 e. The van der Waals surface area contributed by atoms with Crippen molar-refractivity contribution in [3.63, 3.8) is 0 Å². The lowest BCUT2D eigenvalue weighted by molar-refractivity contribution is -0.162. The van der Waals surface area contributed by atoms with E-state index in [0.717, 1.165) is 0 Å². The average Bonchev–Trinajstić information content (AvgIpc) is 2.60. The predicted octanol–water partition coefficient (Wildman–Crippen LogP) is 3.30. The third-order valence-corrected chi connectivity index (χ3v) is 6.62. The van der Waals surface area contributed by atoms with Gasteiger partial charge in [0.05, 0.1) is 12.5 Å². The maximum atomic E-state index is 13.1. The highest BCUT2D eigenvalue weighted by molar-refractivity contribution is 5.96. The summed E-state index contributed by atoms with van der Waals surface area (Å²) in [5.41, 5.74) is -1.37. The molecule has 2 aliphatic rings. The van der Waals surface area contributed by atoms with Crippen LogP contribution in [-0.4, -0.2) is 30.4 Å². The van der Waals surface area contributed by atoms with Crippen molar-refractivity contribution in [2.24, 2.45) is 28.6 Å². The van der Waals surface area contributed by atoms with Gasteiger partial charge in [0.15, 0.2) is 0 Å². The molecule has 2 saturated carbocycles. The van der Waals surface area contributed by atoms with E-state index in [1.54, 1.807) is 19.9 Å². The molecule has 144 valence electrons. The van der Waals surface area contributed by atoms with Crippen molar-refractivity contribution in [1.29, 1.82) is 0 Å². The second-order valence-corrected chi connectivity index (χ2v) is 8.55. The minimum atomic E-state index is -0.969. The zero-order valence-electron chi connectivity index (χ0n) is 16.3. The SMILES string of the molecule is C=C[C@]1(C)CC(=O)[C@H](C)[C@H](C(=O)C[C@@H]2C(=O)CCC[C@]2(C)C(=O)OC)C1. The van der Waals surface area contributed by atoms with Crippen molar-refractivity contribution in [1.82, 2.24) is 0 Å². The van der Waals surface area contributed by atoms with E-state index in [4.69, 9.17) is 4.74 Å². The Kier molecular flexibility index (Phi) is 5.89. The maximum absolute atomic E-state index is 13.1. The fraction of sp³-hybridized carbons (Fsp3) is 0.714. The van der Waals surface area contributed by atoms with E-state index in [-0.39, 0.29) is 29.7 Å². The largest absolute Gasteiger partial charge is 0.469 e. The Hall–Kier alpha value is -1.78. The van der Waals surface area contributed by atoms with Gasteiger partial charge in [-0.05, 0) is 31.6 Å². The molecular weight excluding hydrogens is 332 g/mol. The van der Waals surface area contributed by atoms with E-state index < -0.39 is 28.6 Å². The van der Waals surface area contributed by atoms with Crippen LogP contribution in [0.3, 0.4) is 0 Å². The summed E-state index contributed by atoms with van der Waals surface area (Å²) in [5, 5.41) is 0. The van der Waals surface area contributed by atoms with Crippen LogP contribution in [0, 0.1) is 28.6 Å². The van der Waals surface area contributed by atoms with Gasteiger partial charge in [-0.2, -0.15) is 0 Å². The van der Waals surface area contributed by atoms with Crippen molar-refractivity contribution < 1.29 is 23.9 Å². The molecule has 0 aliphatic heterocycles. The van der Waals surface area contributed by atoms with Crippen molar-refractivity contribution in [3.8, 4) is 0 Å². The summed E-state index contributed by atoms with van der Waals surface area (Å²) < 4.78 is 4.92. The first-order valence-corrected chi connectivity index (χ1v) is 9.38. The van der Waals surface area contributed by atoms with Gasteiger partial charge in [-0.15, -0.1) is 6.58 Å². The lowest BCUT2D eigenvalue weighted by Gasteiger charge is -2.41. The minimum absolute atomic E-state index is 0.0000567. The van der Waals surface area contributed by atoms with Crippen molar-refractivity contribution in [2.75, 3.05) is 7.11 Å². The summed E-state index contributed by atoms with van der Waals surface area (Å²) in [6.07, 6.45) is 4.24. The molecule has 5 heteroatoms. The van der Waals surface area contributed by atoms with E-state index in [0.29, 0.717) is 32.1 Å². The minimum Gasteiger partial charge on any atom is -0.469 e. The Morgan fingerprint density at radius 3 is 2.50 bits per heavy atom. The molecule has 5 atom stereocenters. The molecule has 0 saturated heterocycles. The molecule has 0 N–H and O–H groups in total. The molecule has 0 radical (unpaired) electrons. The van der Waals surface area contributed by atoms with E-state index in [9.17, 15) is 19.2 Å². The van der Waals surface area contributed by atoms with Crippen LogP contribution in [0.25, 0.3) is 0 Å². The molecule has 0 heterocycles. The number of carbonyl (C=O) groups excluding carboxylic acids is 4. The van der Waals surface area contributed by atoms with Crippen LogP contribution in [0.4, 0.5) is 0 Å². The first-order valence-electron chi connectivity index (χ1n) is 9.38. The number of hydrogen-bond donors (Lipinski definition) is 0. The summed E-state index contributed by atoms with van der Waals surface area (Å²) >= 11 is 0. The number of Topliss-reactive ketones (excluding diaryl/α,β-unsaturated/α-hetero) is 3. The van der Waals surface area contributed by atoms with E-state index in [1.165, 1.54) is 7.11 Å². The molecule has 26 heavy (non-hydrogen) atoms. The van der Waals surface area contributed by atoms with Gasteiger partial charge >= 0.3 is 5.97 Å². The molecule has 0 spiro atoms. The summed E-state index contributed by atoms with van der Waals surface area (Å²) in [5.74, 6) is -2.01. The summed E-state index contributed by atoms with van der Waals surface area (Å²) in [6, 6.07) is 0. The number of ketones is 3. The van der Waals surface area contributed by atoms with Gasteiger partial charge in [0.1, 0.15) is 17.3 Å². The van der Waals surface area contributed by atoms with Crippen LogP contribution in [-0.2, 0) is 23.9 Å². The molecule has 0 aromatic heterocycles. The Morgan fingerprint density at radius 2 is 1.92 bits per heavy atom. The Balaban J connectivity index is 2.25. The van der Waals surface area contributed by atoms with E-state index in [2.05, 4.69) is 6.58 Å². The molecule has 2 rings (SSSR count). The molecule has 0 bridgehead atoms. The summed E-state index contributed by atoms with van der Waals surface area (Å²) in [4.78, 5) is 50.3. The standard InChI is InChI=1S/C21H30O5/c1-6-20(3)11-14(13(2)18(24)12-20)17(23)10-15-16(22)8-7-9-21(15,4)19(25)26-5/h6,13-15H,1,7-12H2,2-5H3/t13-,14-,15-,20+,21+/m1/s1. The van der Waals surface area contributed by atoms with Gasteiger partial charge in [0, 0.05) is 37.0 Å². The molecule has 0 unspecified atom stereocenters. The molecule has 0 aromatic carbocycles. The molecule has 0 amide bonds. The zero-order valence-corrected chi connectivity index (χ0v) is 16.3. The number of hydrogen-bond acceptors (Lipinski definition) is 5. The monoisotopic (exact) mass is 362 g/mol. The molecular formula is C21H30O5. The second-order valence-electron chi connectivity index (χ2n) is 8.55. The number of allylic oxidation sites excluding steroid dienone is 1. The first kappa shape index (κ1) is 20.5. The number of ether oxygens (including phenoxy) is 1. The molecule has 5 nitrogen and oxygen atoms in total. The van der Waals surface area contributed by atoms with Gasteiger partial charge in [-0.1, -0.05) is 19.9 Å². The van der Waals surface area contributed by atoms with Crippen LogP contribution in [0.1, 0.15) is 59.3 Å². The van der Waals surface area contributed by atoms with E-state index >= 15 is 0 Å². The third-order valence-electron chi connectivity index (χ3n) is 6.62. The highest BCUT2D eigenvalue weighted by Gasteiger charge is 2.50. The van der Waals surface area contributed by atoms with E-state index in [1.807, 2.05) is 6.92 Å². The topological polar surface area (TPSA) is 77.5 Å². The fourth-order valence-electron chi connectivity index (χ4n) is 4.59. The lowest BCUT2D eigenvalue weighted by Crippen LogP contribution is -2.47. The van der Waals surface area contributed by atoms with Crippen molar-refractivity contribution in [3.05, 3.63) is 12.7 Å². The van der Waals surface area contributed by atoms with Gasteiger partial charge in [-0.25, -0.2) is 0 Å². The van der Waals surface area contributed by atoms with Crippen molar-refractivity contribution >= 4 is 23.3 Å². The average molecular weight is 362 g/mol. The second kappa shape index (κ2) is 7.45. The highest BCUT2D eigenvalue weighted by atomic mass is 16.5. The number of esters is 1. The Labute approximate surface area is 155 Å². The van der Waals surface area contributed by atoms with Gasteiger partial charge in [-0.3, -0.25) is 19.2 Å². The molecule has 2 fully saturated rings. The van der Waals surface area contributed by atoms with Crippen LogP contribution in [0.2, 0.25) is 0 Å². The zero-order chi connectivity index (χ0) is 19.7. The summed E-state index contributed by atoms with van der Waals surface area (Å²) in [7, 11) is 1.31. The fourth-order valence-corrected chi connectivity index (χ4v) is 4.59. The Bertz CT molecular complexity index is 636. The smallest absolute Gasteiger partial charge is 0.312 e. The third kappa shape index (κ3) is 3.67. The lowest BCUT2D eigenvalue weighted by atomic mass is 9.61. The predicted molar refractivity (Wildman–Crippen MR) is 97.3 cm³/mol. The quantitative estimate of drug-likeness (QED) is 0.554. The highest BCUT2D eigenvalue weighted by Crippen LogP contribution is 2.45. The van der Waals surface area contributed by atoms with Gasteiger partial charge < -0.3 is 4.74 Å². The number of carbonyl (C=O) groups is 4.